The third kappa shape index (κ3) is 6.26. The van der Waals surface area contributed by atoms with Gasteiger partial charge in [-0.25, -0.2) is 9.97 Å². The van der Waals surface area contributed by atoms with E-state index in [-0.39, 0.29) is 12.6 Å². The molecule has 25 heavy (non-hydrogen) atoms. The lowest BCUT2D eigenvalue weighted by Gasteiger charge is -2.11. The number of fused-ring (bicyclic) bond motifs is 1. The van der Waals surface area contributed by atoms with Gasteiger partial charge in [0.2, 0.25) is 5.95 Å². The number of aliphatic hydroxyl groups excluding tert-OH is 1. The summed E-state index contributed by atoms with van der Waals surface area (Å²) in [5.74, 6) is 1.52. The largest absolute Gasteiger partial charge is 0.493 e. The molecular weight excluding hydrogens is 332 g/mol. The molecule has 2 aromatic rings. The fraction of sp³-hybridized carbons (Fsp3) is 0.467. The number of aliphatic hydroxyl groups is 1. The summed E-state index contributed by atoms with van der Waals surface area (Å²) < 4.78 is 10.6. The van der Waals surface area contributed by atoms with Gasteiger partial charge in [0.25, 0.3) is 5.09 Å². The van der Waals surface area contributed by atoms with Crippen molar-refractivity contribution in [1.29, 1.82) is 0 Å². The second-order valence-electron chi connectivity index (χ2n) is 5.02. The van der Waals surface area contributed by atoms with Crippen LogP contribution >= 0.6 is 0 Å². The number of methoxy groups -OCH3 is 2. The van der Waals surface area contributed by atoms with Crippen molar-refractivity contribution in [2.45, 2.75) is 25.7 Å². The molecule has 1 aromatic heterocycles. The number of aryl methyl sites for hydroxylation is 1. The number of anilines is 1. The van der Waals surface area contributed by atoms with Crippen molar-refractivity contribution < 1.29 is 24.9 Å². The SMILES string of the molecule is COc1cc2nc(N)nc(CCCCCO)c2cc1OC.O=[N+]([O-])O. The van der Waals surface area contributed by atoms with Crippen molar-refractivity contribution in [3.05, 3.63) is 27.9 Å². The van der Waals surface area contributed by atoms with E-state index in [4.69, 9.17) is 35.6 Å². The number of unbranched alkanes of at least 4 members (excludes halogenated alkanes) is 2. The second-order valence-corrected chi connectivity index (χ2v) is 5.02. The number of nitrogens with two attached hydrogens (primary N) is 1. The van der Waals surface area contributed by atoms with E-state index in [9.17, 15) is 0 Å². The van der Waals surface area contributed by atoms with Crippen LogP contribution in [0.4, 0.5) is 5.95 Å². The van der Waals surface area contributed by atoms with E-state index in [2.05, 4.69) is 9.97 Å². The maximum absolute atomic E-state index is 8.83. The molecule has 0 amide bonds. The number of ether oxygens (including phenoxy) is 2. The van der Waals surface area contributed by atoms with Crippen molar-refractivity contribution in [3.63, 3.8) is 0 Å². The normalized spacial score (nSPS) is 10.0. The topological polar surface area (TPSA) is 154 Å². The Hall–Kier alpha value is -2.88. The molecule has 1 heterocycles. The van der Waals surface area contributed by atoms with Crippen LogP contribution in [0.3, 0.4) is 0 Å². The van der Waals surface area contributed by atoms with E-state index in [0.717, 1.165) is 42.3 Å². The summed E-state index contributed by atoms with van der Waals surface area (Å²) in [6.07, 6.45) is 3.49. The molecule has 138 valence electrons. The van der Waals surface area contributed by atoms with Crippen molar-refractivity contribution in [2.75, 3.05) is 26.6 Å². The fourth-order valence-electron chi connectivity index (χ4n) is 2.31. The molecule has 0 radical (unpaired) electrons. The van der Waals surface area contributed by atoms with E-state index in [1.165, 1.54) is 0 Å². The lowest BCUT2D eigenvalue weighted by Crippen LogP contribution is -2.02. The molecule has 10 nitrogen and oxygen atoms in total. The highest BCUT2D eigenvalue weighted by Crippen LogP contribution is 2.33. The van der Waals surface area contributed by atoms with Gasteiger partial charge < -0.3 is 25.5 Å². The van der Waals surface area contributed by atoms with Gasteiger partial charge >= 0.3 is 0 Å². The molecule has 0 fully saturated rings. The highest BCUT2D eigenvalue weighted by molar-refractivity contribution is 5.85. The standard InChI is InChI=1S/C15H21N3O3.HNO3/c1-20-13-8-10-11(6-4-3-5-7-19)17-15(16)18-12(10)9-14(13)21-2;2-1(3)4/h8-9,19H,3-7H2,1-2H3,(H2,16,17,18);(H,2,3,4). The molecular formula is C15H22N4O6. The van der Waals surface area contributed by atoms with E-state index in [1.54, 1.807) is 14.2 Å². The van der Waals surface area contributed by atoms with Gasteiger partial charge in [0, 0.05) is 18.1 Å². The summed E-state index contributed by atoms with van der Waals surface area (Å²) in [5, 5.41) is 23.4. The average molecular weight is 354 g/mol. The number of hydrogen-bond acceptors (Lipinski definition) is 8. The van der Waals surface area contributed by atoms with Gasteiger partial charge in [0.05, 0.1) is 25.4 Å². The Labute approximate surface area is 144 Å². The third-order valence-corrected chi connectivity index (χ3v) is 3.37. The molecule has 0 saturated carbocycles. The Kier molecular flexibility index (Phi) is 8.13. The van der Waals surface area contributed by atoms with Crippen LogP contribution in [-0.4, -0.2) is 46.2 Å². The van der Waals surface area contributed by atoms with Crippen molar-refractivity contribution in [1.82, 2.24) is 9.97 Å². The van der Waals surface area contributed by atoms with Crippen LogP contribution < -0.4 is 15.2 Å². The first-order chi connectivity index (χ1) is 11.9. The molecule has 10 heteroatoms. The summed E-state index contributed by atoms with van der Waals surface area (Å²) in [7, 11) is 3.19. The third-order valence-electron chi connectivity index (χ3n) is 3.37. The predicted octanol–water partition coefficient (Wildman–Crippen LogP) is 1.59. The van der Waals surface area contributed by atoms with Gasteiger partial charge in [-0.3, -0.25) is 0 Å². The molecule has 2 rings (SSSR count). The Balaban J connectivity index is 0.000000705. The average Bonchev–Trinajstić information content (AvgIpc) is 2.56. The molecule has 0 spiro atoms. The predicted molar refractivity (Wildman–Crippen MR) is 90.5 cm³/mol. The molecule has 0 bridgehead atoms. The summed E-state index contributed by atoms with van der Waals surface area (Å²) in [5.41, 5.74) is 7.43. The highest BCUT2D eigenvalue weighted by Gasteiger charge is 2.12. The van der Waals surface area contributed by atoms with Crippen LogP contribution in [0.15, 0.2) is 12.1 Å². The molecule has 0 unspecified atom stereocenters. The summed E-state index contributed by atoms with van der Waals surface area (Å²) in [4.78, 5) is 17.0. The zero-order chi connectivity index (χ0) is 18.8. The minimum absolute atomic E-state index is 0.220. The van der Waals surface area contributed by atoms with Crippen molar-refractivity contribution in [3.8, 4) is 11.5 Å². The van der Waals surface area contributed by atoms with Crippen molar-refractivity contribution >= 4 is 16.9 Å². The lowest BCUT2D eigenvalue weighted by molar-refractivity contribution is -0.742. The van der Waals surface area contributed by atoms with Crippen molar-refractivity contribution in [2.24, 2.45) is 0 Å². The zero-order valence-corrected chi connectivity index (χ0v) is 14.1. The minimum Gasteiger partial charge on any atom is -0.493 e. The monoisotopic (exact) mass is 354 g/mol. The van der Waals surface area contributed by atoms with Gasteiger partial charge in [-0.05, 0) is 25.3 Å². The quantitative estimate of drug-likeness (QED) is 0.382. The smallest absolute Gasteiger partial charge is 0.291 e. The number of nitrogen functional groups attached to an aromatic ring is 1. The number of benzene rings is 1. The van der Waals surface area contributed by atoms with Crippen LogP contribution in [0.25, 0.3) is 10.9 Å². The molecule has 1 aromatic carbocycles. The van der Waals surface area contributed by atoms with Crippen LogP contribution in [0.2, 0.25) is 0 Å². The van der Waals surface area contributed by atoms with Crippen LogP contribution in [0, 0.1) is 10.1 Å². The van der Waals surface area contributed by atoms with E-state index in [1.807, 2.05) is 12.1 Å². The highest BCUT2D eigenvalue weighted by atomic mass is 16.9. The summed E-state index contributed by atoms with van der Waals surface area (Å²) in [6.45, 7) is 0.220. The zero-order valence-electron chi connectivity index (χ0n) is 14.1. The fourth-order valence-corrected chi connectivity index (χ4v) is 2.31. The van der Waals surface area contributed by atoms with Gasteiger partial charge in [0.15, 0.2) is 11.5 Å². The summed E-state index contributed by atoms with van der Waals surface area (Å²) >= 11 is 0. The maximum atomic E-state index is 8.83. The molecule has 0 aliphatic carbocycles. The Morgan fingerprint density at radius 1 is 1.16 bits per heavy atom. The number of rotatable bonds is 7. The lowest BCUT2D eigenvalue weighted by atomic mass is 10.1. The second kappa shape index (κ2) is 10.1. The molecule has 4 N–H and O–H groups in total. The molecule has 0 saturated heterocycles. The first kappa shape index (κ1) is 20.2. The van der Waals surface area contributed by atoms with E-state index in [0.29, 0.717) is 11.5 Å². The molecule has 0 atom stereocenters. The van der Waals surface area contributed by atoms with Gasteiger partial charge in [-0.1, -0.05) is 6.42 Å². The van der Waals surface area contributed by atoms with Gasteiger partial charge in [-0.15, -0.1) is 10.1 Å². The molecule has 0 aliphatic rings. The van der Waals surface area contributed by atoms with Gasteiger partial charge in [0.1, 0.15) is 0 Å². The number of nitrogens with zero attached hydrogens (tertiary/aromatic N) is 3. The Bertz CT molecular complexity index is 706. The Morgan fingerprint density at radius 3 is 2.32 bits per heavy atom. The van der Waals surface area contributed by atoms with Gasteiger partial charge in [-0.2, -0.15) is 0 Å². The first-order valence-electron chi connectivity index (χ1n) is 7.55. The molecule has 0 aliphatic heterocycles. The maximum Gasteiger partial charge on any atom is 0.291 e. The number of hydrogen-bond donors (Lipinski definition) is 3. The van der Waals surface area contributed by atoms with Crippen LogP contribution in [0.5, 0.6) is 11.5 Å². The number of aromatic nitrogens is 2. The Morgan fingerprint density at radius 2 is 1.76 bits per heavy atom. The first-order valence-corrected chi connectivity index (χ1v) is 7.55. The van der Waals surface area contributed by atoms with E-state index < -0.39 is 5.09 Å². The minimum atomic E-state index is -1.50. The van der Waals surface area contributed by atoms with E-state index >= 15 is 0 Å². The van der Waals surface area contributed by atoms with Crippen LogP contribution in [0.1, 0.15) is 25.0 Å². The summed E-state index contributed by atoms with van der Waals surface area (Å²) in [6, 6.07) is 3.69. The van der Waals surface area contributed by atoms with Crippen LogP contribution in [-0.2, 0) is 6.42 Å².